The van der Waals surface area contributed by atoms with Gasteiger partial charge < -0.3 is 0 Å². The average molecular weight is 358 g/mol. The minimum atomic E-state index is -0.121. The van der Waals surface area contributed by atoms with E-state index in [1.807, 2.05) is 0 Å². The predicted molar refractivity (Wildman–Crippen MR) is 111 cm³/mol. The van der Waals surface area contributed by atoms with Crippen molar-refractivity contribution >= 4 is 0 Å². The van der Waals surface area contributed by atoms with E-state index in [2.05, 4.69) is 107 Å². The predicted octanol–water partition coefficient (Wildman–Crippen LogP) is 3.78. The van der Waals surface area contributed by atoms with Gasteiger partial charge in [-0.2, -0.15) is 0 Å². The Bertz CT molecular complexity index is 777. The molecule has 27 heavy (non-hydrogen) atoms. The van der Waals surface area contributed by atoms with Crippen molar-refractivity contribution < 1.29 is 0 Å². The van der Waals surface area contributed by atoms with E-state index in [0.29, 0.717) is 0 Å². The quantitative estimate of drug-likeness (QED) is 0.703. The molecule has 4 rings (SSSR count). The van der Waals surface area contributed by atoms with Gasteiger partial charge in [-0.3, -0.25) is 15.5 Å². The van der Waals surface area contributed by atoms with Crippen LogP contribution in [0.1, 0.15) is 16.7 Å². The third-order valence-electron chi connectivity index (χ3n) is 5.35. The molecule has 0 atom stereocenters. The summed E-state index contributed by atoms with van der Waals surface area (Å²) in [5.41, 5.74) is 3.94. The molecule has 0 bridgehead atoms. The smallest absolute Gasteiger partial charge is 0.0817 e. The summed E-state index contributed by atoms with van der Waals surface area (Å²) >= 11 is 0. The number of rotatable bonds is 6. The van der Waals surface area contributed by atoms with Gasteiger partial charge in [0, 0.05) is 26.1 Å². The summed E-state index contributed by atoms with van der Waals surface area (Å²) < 4.78 is 0. The van der Waals surface area contributed by atoms with Crippen LogP contribution < -0.4 is 10.6 Å². The van der Waals surface area contributed by atoms with E-state index in [4.69, 9.17) is 0 Å². The van der Waals surface area contributed by atoms with Crippen molar-refractivity contribution in [3.8, 4) is 0 Å². The number of nitrogens with zero attached hydrogens (tertiary/aromatic N) is 1. The van der Waals surface area contributed by atoms with E-state index < -0.39 is 0 Å². The molecule has 1 saturated heterocycles. The van der Waals surface area contributed by atoms with Crippen LogP contribution in [0, 0.1) is 0 Å². The molecule has 3 nitrogen and oxygen atoms in total. The van der Waals surface area contributed by atoms with Gasteiger partial charge in [0.2, 0.25) is 0 Å². The van der Waals surface area contributed by atoms with Gasteiger partial charge in [0.25, 0.3) is 0 Å². The summed E-state index contributed by atoms with van der Waals surface area (Å²) in [5.74, 6) is 0. The number of hydrogen-bond donors (Lipinski definition) is 2. The molecule has 0 amide bonds. The first-order valence-electron chi connectivity index (χ1n) is 9.67. The second-order valence-corrected chi connectivity index (χ2v) is 7.30. The fourth-order valence-electron chi connectivity index (χ4n) is 3.97. The maximum absolute atomic E-state index is 3.81. The monoisotopic (exact) mass is 357 g/mol. The summed E-state index contributed by atoms with van der Waals surface area (Å²) in [6.45, 7) is 2.62. The van der Waals surface area contributed by atoms with Crippen LogP contribution in [0.2, 0.25) is 0 Å². The number of hydrogen-bond acceptors (Lipinski definition) is 3. The van der Waals surface area contributed by atoms with Crippen molar-refractivity contribution in [1.29, 1.82) is 0 Å². The molecule has 1 fully saturated rings. The zero-order valence-electron chi connectivity index (χ0n) is 15.6. The molecule has 3 aromatic rings. The summed E-state index contributed by atoms with van der Waals surface area (Å²) in [7, 11) is 0. The van der Waals surface area contributed by atoms with Gasteiger partial charge in [0.15, 0.2) is 0 Å². The summed E-state index contributed by atoms with van der Waals surface area (Å²) in [6.07, 6.45) is 1.94. The van der Waals surface area contributed by atoms with E-state index in [1.165, 1.54) is 16.7 Å². The van der Waals surface area contributed by atoms with Crippen LogP contribution in [0.15, 0.2) is 91.0 Å². The largest absolute Gasteiger partial charge is 0.292 e. The fourth-order valence-corrected chi connectivity index (χ4v) is 3.97. The zero-order valence-corrected chi connectivity index (χ0v) is 15.6. The Morgan fingerprint density at radius 1 is 0.667 bits per heavy atom. The Morgan fingerprint density at radius 3 is 1.67 bits per heavy atom. The summed E-state index contributed by atoms with van der Waals surface area (Å²) in [6, 6.07) is 32.4. The van der Waals surface area contributed by atoms with Gasteiger partial charge in [-0.05, 0) is 16.7 Å². The third-order valence-corrected chi connectivity index (χ3v) is 5.35. The molecule has 1 aliphatic heterocycles. The zero-order chi connectivity index (χ0) is 18.4. The number of nitrogens with one attached hydrogen (secondary N) is 2. The van der Waals surface area contributed by atoms with Gasteiger partial charge in [-0.25, -0.2) is 0 Å². The molecule has 0 aromatic heterocycles. The van der Waals surface area contributed by atoms with E-state index in [9.17, 15) is 0 Å². The van der Waals surface area contributed by atoms with Gasteiger partial charge in [-0.1, -0.05) is 91.0 Å². The first-order valence-corrected chi connectivity index (χ1v) is 9.67. The molecule has 0 spiro atoms. The Hall–Kier alpha value is -2.46. The Labute approximate surface area is 162 Å². The molecular formula is C24H27N3. The van der Waals surface area contributed by atoms with Crippen LogP contribution in [-0.4, -0.2) is 23.9 Å². The molecule has 3 aromatic carbocycles. The van der Waals surface area contributed by atoms with Crippen LogP contribution in [0.5, 0.6) is 0 Å². The normalized spacial score (nSPS) is 16.9. The lowest BCUT2D eigenvalue weighted by atomic mass is 9.89. The number of benzene rings is 3. The highest BCUT2D eigenvalue weighted by Crippen LogP contribution is 2.26. The van der Waals surface area contributed by atoms with Crippen molar-refractivity contribution in [1.82, 2.24) is 15.5 Å². The molecule has 138 valence electrons. The minimum absolute atomic E-state index is 0.121. The molecule has 1 aliphatic rings. The molecule has 0 aliphatic carbocycles. The van der Waals surface area contributed by atoms with Crippen molar-refractivity contribution in [3.05, 3.63) is 108 Å². The van der Waals surface area contributed by atoms with Crippen LogP contribution in [-0.2, 0) is 19.4 Å². The lowest BCUT2D eigenvalue weighted by Gasteiger charge is -2.49. The molecule has 1 heterocycles. The highest BCUT2D eigenvalue weighted by Gasteiger charge is 2.38. The maximum Gasteiger partial charge on any atom is 0.0817 e. The first-order chi connectivity index (χ1) is 13.3. The Balaban J connectivity index is 1.67. The Morgan fingerprint density at radius 2 is 1.15 bits per heavy atom. The van der Waals surface area contributed by atoms with Crippen LogP contribution in [0.25, 0.3) is 0 Å². The topological polar surface area (TPSA) is 27.3 Å². The maximum atomic E-state index is 3.81. The van der Waals surface area contributed by atoms with Gasteiger partial charge in [0.05, 0.1) is 12.3 Å². The van der Waals surface area contributed by atoms with Crippen molar-refractivity contribution in [2.75, 3.05) is 13.3 Å². The first kappa shape index (κ1) is 17.9. The molecule has 3 heteroatoms. The SMILES string of the molecule is c1ccc(CN2CNCNC2(Cc2ccccc2)Cc2ccccc2)cc1. The molecule has 0 saturated carbocycles. The van der Waals surface area contributed by atoms with E-state index in [1.54, 1.807) is 0 Å². The van der Waals surface area contributed by atoms with Gasteiger partial charge in [-0.15, -0.1) is 0 Å². The van der Waals surface area contributed by atoms with Gasteiger partial charge >= 0.3 is 0 Å². The highest BCUT2D eigenvalue weighted by molar-refractivity contribution is 5.24. The molecule has 2 N–H and O–H groups in total. The average Bonchev–Trinajstić information content (AvgIpc) is 2.72. The van der Waals surface area contributed by atoms with Crippen molar-refractivity contribution in [2.24, 2.45) is 0 Å². The van der Waals surface area contributed by atoms with Crippen LogP contribution in [0.3, 0.4) is 0 Å². The summed E-state index contributed by atoms with van der Waals surface area (Å²) in [5, 5.41) is 7.31. The fraction of sp³-hybridized carbons (Fsp3) is 0.250. The molecule has 0 radical (unpaired) electrons. The van der Waals surface area contributed by atoms with E-state index >= 15 is 0 Å². The second kappa shape index (κ2) is 8.49. The van der Waals surface area contributed by atoms with E-state index in [0.717, 1.165) is 32.7 Å². The summed E-state index contributed by atoms with van der Waals surface area (Å²) in [4.78, 5) is 2.55. The van der Waals surface area contributed by atoms with Crippen molar-refractivity contribution in [3.63, 3.8) is 0 Å². The molecule has 0 unspecified atom stereocenters. The van der Waals surface area contributed by atoms with Crippen LogP contribution in [0.4, 0.5) is 0 Å². The van der Waals surface area contributed by atoms with Gasteiger partial charge in [0.1, 0.15) is 0 Å². The second-order valence-electron chi connectivity index (χ2n) is 7.30. The standard InChI is InChI=1S/C24H27N3/c1-4-10-21(11-5-1)16-24(17-22-12-6-2-7-13-22)26-19-25-20-27(24)18-23-14-8-3-9-15-23/h1-15,25-26H,16-20H2. The van der Waals surface area contributed by atoms with E-state index in [-0.39, 0.29) is 5.66 Å². The molecular weight excluding hydrogens is 330 g/mol. The third kappa shape index (κ3) is 4.45. The van der Waals surface area contributed by atoms with Crippen molar-refractivity contribution in [2.45, 2.75) is 25.0 Å². The lowest BCUT2D eigenvalue weighted by molar-refractivity contribution is 0.00521. The lowest BCUT2D eigenvalue weighted by Crippen LogP contribution is -2.69. The van der Waals surface area contributed by atoms with Crippen LogP contribution >= 0.6 is 0 Å². The Kier molecular flexibility index (Phi) is 5.64. The minimum Gasteiger partial charge on any atom is -0.292 e. The highest BCUT2D eigenvalue weighted by atomic mass is 15.4.